The van der Waals surface area contributed by atoms with Crippen LogP contribution in [0.4, 0.5) is 0 Å². The van der Waals surface area contributed by atoms with Crippen LogP contribution in [0.25, 0.3) is 22.1 Å². The molecule has 0 N–H and O–H groups in total. The summed E-state index contributed by atoms with van der Waals surface area (Å²) < 4.78 is 27.7. The molecule has 1 aliphatic heterocycles. The van der Waals surface area contributed by atoms with Crippen LogP contribution in [0.2, 0.25) is 0 Å². The van der Waals surface area contributed by atoms with Crippen LogP contribution in [0.5, 0.6) is 17.2 Å². The second-order valence-electron chi connectivity index (χ2n) is 7.26. The first-order valence-corrected chi connectivity index (χ1v) is 10.5. The molecule has 1 aliphatic rings. The highest BCUT2D eigenvalue weighted by Crippen LogP contribution is 2.34. The molecule has 0 fully saturated rings. The zero-order chi connectivity index (χ0) is 22.5. The fraction of sp³-hybridized carbons (Fsp3) is 0.280. The van der Waals surface area contributed by atoms with E-state index in [1.54, 1.807) is 24.3 Å². The van der Waals surface area contributed by atoms with Gasteiger partial charge in [0.1, 0.15) is 24.2 Å². The third-order valence-electron chi connectivity index (χ3n) is 5.10. The zero-order valence-corrected chi connectivity index (χ0v) is 17.8. The quantitative estimate of drug-likeness (QED) is 0.403. The van der Waals surface area contributed by atoms with Crippen LogP contribution in [0.1, 0.15) is 18.9 Å². The lowest BCUT2D eigenvalue weighted by Gasteiger charge is -2.12. The predicted octanol–water partition coefficient (Wildman–Crippen LogP) is 4.29. The SMILES string of the molecule is C=CCOC(=O)COc1cc2occ(-c3ccc4c(c3)OCCCO4)c(=O)c2cc1CC. The molecule has 0 amide bonds. The minimum absolute atomic E-state index is 0.123. The zero-order valence-electron chi connectivity index (χ0n) is 17.8. The van der Waals surface area contributed by atoms with Crippen molar-refractivity contribution in [1.82, 2.24) is 0 Å². The Kier molecular flexibility index (Phi) is 6.44. The monoisotopic (exact) mass is 436 g/mol. The number of hydrogen-bond acceptors (Lipinski definition) is 7. The second-order valence-corrected chi connectivity index (χ2v) is 7.26. The van der Waals surface area contributed by atoms with Crippen molar-refractivity contribution < 1.29 is 28.2 Å². The highest BCUT2D eigenvalue weighted by Gasteiger charge is 2.17. The van der Waals surface area contributed by atoms with Crippen LogP contribution in [0.3, 0.4) is 0 Å². The molecule has 0 saturated carbocycles. The van der Waals surface area contributed by atoms with Crippen molar-refractivity contribution in [2.24, 2.45) is 0 Å². The normalized spacial score (nSPS) is 12.8. The van der Waals surface area contributed by atoms with E-state index in [1.807, 2.05) is 13.0 Å². The Morgan fingerprint density at radius 2 is 1.97 bits per heavy atom. The number of esters is 1. The van der Waals surface area contributed by atoms with Crippen LogP contribution in [0, 0.1) is 0 Å². The molecular formula is C25H24O7. The largest absolute Gasteiger partial charge is 0.490 e. The van der Waals surface area contributed by atoms with E-state index >= 15 is 0 Å². The fourth-order valence-corrected chi connectivity index (χ4v) is 3.47. The lowest BCUT2D eigenvalue weighted by atomic mass is 10.0. The van der Waals surface area contributed by atoms with E-state index in [0.29, 0.717) is 59.0 Å². The van der Waals surface area contributed by atoms with Gasteiger partial charge in [-0.3, -0.25) is 4.79 Å². The molecule has 0 atom stereocenters. The van der Waals surface area contributed by atoms with E-state index in [0.717, 1.165) is 12.0 Å². The topological polar surface area (TPSA) is 84.2 Å². The van der Waals surface area contributed by atoms with Gasteiger partial charge in [-0.15, -0.1) is 0 Å². The maximum Gasteiger partial charge on any atom is 0.344 e. The number of carbonyl (C=O) groups is 1. The Labute approximate surface area is 185 Å². The summed E-state index contributed by atoms with van der Waals surface area (Å²) in [5.74, 6) is 1.25. The first kappa shape index (κ1) is 21.5. The van der Waals surface area contributed by atoms with Gasteiger partial charge in [0.15, 0.2) is 18.1 Å². The summed E-state index contributed by atoms with van der Waals surface area (Å²) in [7, 11) is 0. The molecule has 7 nitrogen and oxygen atoms in total. The van der Waals surface area contributed by atoms with E-state index in [2.05, 4.69) is 6.58 Å². The molecule has 0 unspecified atom stereocenters. The molecule has 2 heterocycles. The first-order valence-electron chi connectivity index (χ1n) is 10.5. The van der Waals surface area contributed by atoms with Crippen LogP contribution in [-0.4, -0.2) is 32.4 Å². The summed E-state index contributed by atoms with van der Waals surface area (Å²) >= 11 is 0. The second kappa shape index (κ2) is 9.60. The molecule has 2 aromatic carbocycles. The number of benzene rings is 2. The summed E-state index contributed by atoms with van der Waals surface area (Å²) in [5.41, 5.74) is 2.12. The smallest absolute Gasteiger partial charge is 0.344 e. The average molecular weight is 436 g/mol. The van der Waals surface area contributed by atoms with E-state index in [1.165, 1.54) is 12.3 Å². The fourth-order valence-electron chi connectivity index (χ4n) is 3.47. The number of fused-ring (bicyclic) bond motifs is 2. The molecule has 0 spiro atoms. The van der Waals surface area contributed by atoms with Gasteiger partial charge in [0.25, 0.3) is 0 Å². The van der Waals surface area contributed by atoms with Crippen LogP contribution in [-0.2, 0) is 16.0 Å². The van der Waals surface area contributed by atoms with Gasteiger partial charge in [-0.25, -0.2) is 4.79 Å². The lowest BCUT2D eigenvalue weighted by molar-refractivity contribution is -0.144. The van der Waals surface area contributed by atoms with Crippen molar-refractivity contribution in [2.75, 3.05) is 26.4 Å². The number of rotatable bonds is 7. The Bertz CT molecular complexity index is 1210. The molecule has 1 aromatic heterocycles. The summed E-state index contributed by atoms with van der Waals surface area (Å²) in [5, 5.41) is 0.438. The van der Waals surface area contributed by atoms with Crippen molar-refractivity contribution in [1.29, 1.82) is 0 Å². The van der Waals surface area contributed by atoms with E-state index < -0.39 is 5.97 Å². The molecule has 0 radical (unpaired) electrons. The van der Waals surface area contributed by atoms with Gasteiger partial charge in [0.05, 0.1) is 24.2 Å². The van der Waals surface area contributed by atoms with Gasteiger partial charge in [-0.1, -0.05) is 25.6 Å². The van der Waals surface area contributed by atoms with Gasteiger partial charge in [-0.05, 0) is 35.7 Å². The Morgan fingerprint density at radius 1 is 1.16 bits per heavy atom. The van der Waals surface area contributed by atoms with Crippen molar-refractivity contribution >= 4 is 16.9 Å². The molecule has 7 heteroatoms. The van der Waals surface area contributed by atoms with Gasteiger partial charge in [0, 0.05) is 12.5 Å². The van der Waals surface area contributed by atoms with Gasteiger partial charge in [-0.2, -0.15) is 0 Å². The number of ether oxygens (including phenoxy) is 4. The van der Waals surface area contributed by atoms with Gasteiger partial charge < -0.3 is 23.4 Å². The van der Waals surface area contributed by atoms with E-state index in [9.17, 15) is 9.59 Å². The van der Waals surface area contributed by atoms with Crippen LogP contribution >= 0.6 is 0 Å². The van der Waals surface area contributed by atoms with Crippen molar-refractivity contribution in [2.45, 2.75) is 19.8 Å². The average Bonchev–Trinajstić information content (AvgIpc) is 3.06. The molecule has 32 heavy (non-hydrogen) atoms. The van der Waals surface area contributed by atoms with Crippen LogP contribution in [0.15, 0.2) is 58.5 Å². The molecule has 0 saturated heterocycles. The Hall–Kier alpha value is -3.74. The number of hydrogen-bond donors (Lipinski definition) is 0. The molecule has 3 aromatic rings. The van der Waals surface area contributed by atoms with Gasteiger partial charge >= 0.3 is 5.97 Å². The summed E-state index contributed by atoms with van der Waals surface area (Å²) in [6, 6.07) is 8.80. The van der Waals surface area contributed by atoms with Crippen LogP contribution < -0.4 is 19.6 Å². The number of carbonyl (C=O) groups excluding carboxylic acids is 1. The molecule has 4 rings (SSSR count). The lowest BCUT2D eigenvalue weighted by Crippen LogP contribution is -2.15. The standard InChI is InChI=1S/C25H24O7/c1-3-8-30-24(26)15-32-21-13-22-18(11-16(21)4-2)25(27)19(14-31-22)17-6-7-20-23(12-17)29-10-5-9-28-20/h3,6-7,11-14H,1,4-5,8-10,15H2,2H3. The summed E-state index contributed by atoms with van der Waals surface area (Å²) in [4.78, 5) is 25.0. The third-order valence-corrected chi connectivity index (χ3v) is 5.10. The van der Waals surface area contributed by atoms with Crippen molar-refractivity contribution in [3.8, 4) is 28.4 Å². The van der Waals surface area contributed by atoms with Gasteiger partial charge in [0.2, 0.25) is 5.43 Å². The Balaban J connectivity index is 1.67. The summed E-state index contributed by atoms with van der Waals surface area (Å²) in [6.07, 6.45) is 4.33. The summed E-state index contributed by atoms with van der Waals surface area (Å²) in [6.45, 7) is 6.48. The molecule has 0 bridgehead atoms. The van der Waals surface area contributed by atoms with Crippen molar-refractivity contribution in [3.05, 3.63) is 65.0 Å². The minimum Gasteiger partial charge on any atom is -0.490 e. The highest BCUT2D eigenvalue weighted by atomic mass is 16.6. The predicted molar refractivity (Wildman–Crippen MR) is 120 cm³/mol. The third kappa shape index (κ3) is 4.46. The first-order chi connectivity index (χ1) is 15.6. The number of aryl methyl sites for hydroxylation is 1. The maximum atomic E-state index is 13.3. The van der Waals surface area contributed by atoms with E-state index in [4.69, 9.17) is 23.4 Å². The minimum atomic E-state index is -0.502. The molecule has 0 aliphatic carbocycles. The van der Waals surface area contributed by atoms with Crippen molar-refractivity contribution in [3.63, 3.8) is 0 Å². The molecule has 166 valence electrons. The Morgan fingerprint density at radius 3 is 2.75 bits per heavy atom. The molecular weight excluding hydrogens is 412 g/mol. The maximum absolute atomic E-state index is 13.3. The van der Waals surface area contributed by atoms with E-state index in [-0.39, 0.29) is 18.6 Å². The highest BCUT2D eigenvalue weighted by molar-refractivity contribution is 5.84.